The predicted octanol–water partition coefficient (Wildman–Crippen LogP) is 3.43. The SMILES string of the molecule is Cc1cc(C)c2c(n1)sc1c(NC3CC3)ncnc12. The summed E-state index contributed by atoms with van der Waals surface area (Å²) in [5.74, 6) is 0.965. The van der Waals surface area contributed by atoms with Crippen molar-refractivity contribution in [2.45, 2.75) is 32.7 Å². The van der Waals surface area contributed by atoms with Crippen LogP contribution in [0.3, 0.4) is 0 Å². The van der Waals surface area contributed by atoms with Crippen LogP contribution in [0.5, 0.6) is 0 Å². The van der Waals surface area contributed by atoms with Crippen LogP contribution in [0.15, 0.2) is 12.4 Å². The van der Waals surface area contributed by atoms with E-state index in [9.17, 15) is 0 Å². The Labute approximate surface area is 114 Å². The first kappa shape index (κ1) is 11.1. The molecule has 0 aromatic carbocycles. The molecule has 1 aliphatic carbocycles. The fraction of sp³-hybridized carbons (Fsp3) is 0.357. The molecule has 0 atom stereocenters. The molecule has 0 bridgehead atoms. The van der Waals surface area contributed by atoms with E-state index in [2.05, 4.69) is 33.3 Å². The summed E-state index contributed by atoms with van der Waals surface area (Å²) >= 11 is 1.69. The van der Waals surface area contributed by atoms with Crippen LogP contribution in [0.2, 0.25) is 0 Å². The molecule has 1 saturated carbocycles. The number of hydrogen-bond acceptors (Lipinski definition) is 5. The molecule has 3 aromatic rings. The maximum Gasteiger partial charge on any atom is 0.147 e. The van der Waals surface area contributed by atoms with Gasteiger partial charge in [-0.15, -0.1) is 11.3 Å². The van der Waals surface area contributed by atoms with Crippen molar-refractivity contribution in [1.82, 2.24) is 15.0 Å². The lowest BCUT2D eigenvalue weighted by Crippen LogP contribution is -2.02. The van der Waals surface area contributed by atoms with Crippen molar-refractivity contribution < 1.29 is 0 Å². The molecule has 5 heteroatoms. The molecule has 0 aliphatic heterocycles. The zero-order valence-electron chi connectivity index (χ0n) is 10.9. The highest BCUT2D eigenvalue weighted by Crippen LogP contribution is 2.38. The third kappa shape index (κ3) is 1.76. The van der Waals surface area contributed by atoms with E-state index < -0.39 is 0 Å². The number of anilines is 1. The summed E-state index contributed by atoms with van der Waals surface area (Å²) in [6, 6.07) is 2.71. The van der Waals surface area contributed by atoms with Gasteiger partial charge in [0.15, 0.2) is 0 Å². The van der Waals surface area contributed by atoms with Gasteiger partial charge in [0, 0.05) is 17.1 Å². The van der Waals surface area contributed by atoms with E-state index >= 15 is 0 Å². The minimum atomic E-state index is 0.596. The molecule has 19 heavy (non-hydrogen) atoms. The molecule has 0 unspecified atom stereocenters. The van der Waals surface area contributed by atoms with Crippen LogP contribution in [0.1, 0.15) is 24.1 Å². The molecule has 0 spiro atoms. The fourth-order valence-electron chi connectivity index (χ4n) is 2.43. The lowest BCUT2D eigenvalue weighted by molar-refractivity contribution is 1.11. The van der Waals surface area contributed by atoms with Gasteiger partial charge in [-0.3, -0.25) is 0 Å². The normalized spacial score (nSPS) is 15.3. The number of rotatable bonds is 2. The maximum atomic E-state index is 4.63. The predicted molar refractivity (Wildman–Crippen MR) is 78.8 cm³/mol. The highest BCUT2D eigenvalue weighted by molar-refractivity contribution is 7.26. The molecule has 0 saturated heterocycles. The number of hydrogen-bond donors (Lipinski definition) is 1. The van der Waals surface area contributed by atoms with Crippen molar-refractivity contribution in [3.05, 3.63) is 23.7 Å². The summed E-state index contributed by atoms with van der Waals surface area (Å²) in [5, 5.41) is 4.66. The Morgan fingerprint density at radius 3 is 2.89 bits per heavy atom. The smallest absolute Gasteiger partial charge is 0.147 e. The van der Waals surface area contributed by atoms with Crippen LogP contribution < -0.4 is 5.32 Å². The van der Waals surface area contributed by atoms with Crippen LogP contribution in [-0.4, -0.2) is 21.0 Å². The molecule has 3 heterocycles. The van der Waals surface area contributed by atoms with Gasteiger partial charge in [-0.2, -0.15) is 0 Å². The summed E-state index contributed by atoms with van der Waals surface area (Å²) in [5.41, 5.74) is 3.33. The van der Waals surface area contributed by atoms with E-state index in [-0.39, 0.29) is 0 Å². The first-order chi connectivity index (χ1) is 9.22. The summed E-state index contributed by atoms with van der Waals surface area (Å²) in [6.07, 6.45) is 4.14. The van der Waals surface area contributed by atoms with Crippen LogP contribution in [0.25, 0.3) is 20.4 Å². The molecule has 3 aromatic heterocycles. The second-order valence-corrected chi connectivity index (χ2v) is 6.18. The monoisotopic (exact) mass is 270 g/mol. The molecule has 4 rings (SSSR count). The van der Waals surface area contributed by atoms with Gasteiger partial charge in [-0.05, 0) is 38.3 Å². The zero-order chi connectivity index (χ0) is 13.0. The summed E-state index contributed by atoms with van der Waals surface area (Å²) in [7, 11) is 0. The molecule has 0 radical (unpaired) electrons. The topological polar surface area (TPSA) is 50.7 Å². The standard InChI is InChI=1S/C14H14N4S/c1-7-5-8(2)17-14-10(7)11-12(19-14)13(16-6-15-11)18-9-3-4-9/h5-6,9H,3-4H2,1-2H3,(H,15,16,18). The number of fused-ring (bicyclic) bond motifs is 3. The number of thiophene rings is 1. The Hall–Kier alpha value is -1.75. The third-order valence-corrected chi connectivity index (χ3v) is 4.55. The van der Waals surface area contributed by atoms with Crippen molar-refractivity contribution in [3.8, 4) is 0 Å². The Bertz CT molecular complexity index is 789. The number of pyridine rings is 1. The lowest BCUT2D eigenvalue weighted by atomic mass is 10.1. The fourth-order valence-corrected chi connectivity index (χ4v) is 3.64. The third-order valence-electron chi connectivity index (χ3n) is 3.47. The van der Waals surface area contributed by atoms with Crippen molar-refractivity contribution >= 4 is 37.6 Å². The Morgan fingerprint density at radius 2 is 2.11 bits per heavy atom. The Morgan fingerprint density at radius 1 is 1.26 bits per heavy atom. The van der Waals surface area contributed by atoms with E-state index in [0.29, 0.717) is 6.04 Å². The highest BCUT2D eigenvalue weighted by atomic mass is 32.1. The van der Waals surface area contributed by atoms with E-state index in [0.717, 1.165) is 26.6 Å². The average Bonchev–Trinajstić information content (AvgIpc) is 3.08. The van der Waals surface area contributed by atoms with Crippen molar-refractivity contribution in [1.29, 1.82) is 0 Å². The second kappa shape index (κ2) is 3.87. The van der Waals surface area contributed by atoms with Crippen molar-refractivity contribution in [3.63, 3.8) is 0 Å². The van der Waals surface area contributed by atoms with Gasteiger partial charge in [-0.1, -0.05) is 0 Å². The molecule has 0 amide bonds. The van der Waals surface area contributed by atoms with Gasteiger partial charge in [0.25, 0.3) is 0 Å². The first-order valence-corrected chi connectivity index (χ1v) is 7.32. The van der Waals surface area contributed by atoms with Crippen molar-refractivity contribution in [2.75, 3.05) is 5.32 Å². The molecular weight excluding hydrogens is 256 g/mol. The maximum absolute atomic E-state index is 4.63. The molecule has 1 aliphatic rings. The van der Waals surface area contributed by atoms with Gasteiger partial charge in [0.05, 0.1) is 10.2 Å². The largest absolute Gasteiger partial charge is 0.366 e. The first-order valence-electron chi connectivity index (χ1n) is 6.50. The molecule has 4 nitrogen and oxygen atoms in total. The Kier molecular flexibility index (Phi) is 2.26. The van der Waals surface area contributed by atoms with Gasteiger partial charge in [-0.25, -0.2) is 15.0 Å². The number of nitrogens with one attached hydrogen (secondary N) is 1. The van der Waals surface area contributed by atoms with Gasteiger partial charge in [0.2, 0.25) is 0 Å². The second-order valence-electron chi connectivity index (χ2n) is 5.18. The Balaban J connectivity index is 2.04. The van der Waals surface area contributed by atoms with E-state index in [4.69, 9.17) is 0 Å². The van der Waals surface area contributed by atoms with Gasteiger partial charge in [0.1, 0.15) is 17.0 Å². The van der Waals surface area contributed by atoms with Crippen LogP contribution in [0.4, 0.5) is 5.82 Å². The molecular formula is C14H14N4S. The van der Waals surface area contributed by atoms with Crippen molar-refractivity contribution in [2.24, 2.45) is 0 Å². The minimum absolute atomic E-state index is 0.596. The number of nitrogens with zero attached hydrogens (tertiary/aromatic N) is 3. The minimum Gasteiger partial charge on any atom is -0.366 e. The van der Waals surface area contributed by atoms with Gasteiger partial charge < -0.3 is 5.32 Å². The number of aryl methyl sites for hydroxylation is 2. The van der Waals surface area contributed by atoms with Crippen LogP contribution in [0, 0.1) is 13.8 Å². The van der Waals surface area contributed by atoms with Crippen LogP contribution in [-0.2, 0) is 0 Å². The molecule has 1 fully saturated rings. The quantitative estimate of drug-likeness (QED) is 0.775. The summed E-state index contributed by atoms with van der Waals surface area (Å²) in [4.78, 5) is 14.6. The van der Waals surface area contributed by atoms with Gasteiger partial charge >= 0.3 is 0 Å². The van der Waals surface area contributed by atoms with E-state index in [1.54, 1.807) is 17.7 Å². The number of aromatic nitrogens is 3. The van der Waals surface area contributed by atoms with Crippen LogP contribution >= 0.6 is 11.3 Å². The summed E-state index contributed by atoms with van der Waals surface area (Å²) in [6.45, 7) is 4.16. The van der Waals surface area contributed by atoms with E-state index in [1.165, 1.54) is 23.8 Å². The van der Waals surface area contributed by atoms with E-state index in [1.807, 2.05) is 6.92 Å². The average molecular weight is 270 g/mol. The lowest BCUT2D eigenvalue weighted by Gasteiger charge is -2.03. The summed E-state index contributed by atoms with van der Waals surface area (Å²) < 4.78 is 1.13. The molecule has 1 N–H and O–H groups in total. The highest BCUT2D eigenvalue weighted by Gasteiger charge is 2.23. The molecule has 96 valence electrons. The zero-order valence-corrected chi connectivity index (χ0v) is 11.7.